The van der Waals surface area contributed by atoms with Crippen LogP contribution in [-0.4, -0.2) is 22.5 Å². The zero-order valence-electron chi connectivity index (χ0n) is 17.0. The number of carbonyl (C=O) groups is 1. The van der Waals surface area contributed by atoms with Crippen molar-refractivity contribution in [3.63, 3.8) is 0 Å². The Morgan fingerprint density at radius 3 is 2.38 bits per heavy atom. The lowest BCUT2D eigenvalue weighted by Crippen LogP contribution is -2.27. The molecule has 166 valence electrons. The summed E-state index contributed by atoms with van der Waals surface area (Å²) in [6, 6.07) is 15.1. The molecule has 1 saturated carbocycles. The summed E-state index contributed by atoms with van der Waals surface area (Å²) in [6.07, 6.45) is -3.77. The van der Waals surface area contributed by atoms with E-state index in [2.05, 4.69) is 10.1 Å². The van der Waals surface area contributed by atoms with E-state index in [-0.39, 0.29) is 28.7 Å². The third-order valence-electron chi connectivity index (χ3n) is 5.50. The molecule has 4 rings (SSSR count). The van der Waals surface area contributed by atoms with Crippen molar-refractivity contribution in [3.05, 3.63) is 71.8 Å². The number of hydrogen-bond donors (Lipinski definition) is 3. The van der Waals surface area contributed by atoms with Gasteiger partial charge in [0.25, 0.3) is 0 Å². The minimum Gasteiger partial charge on any atom is -0.504 e. The first kappa shape index (κ1) is 21.5. The molecule has 3 aromatic rings. The average molecular weight is 443 g/mol. The Morgan fingerprint density at radius 2 is 1.75 bits per heavy atom. The van der Waals surface area contributed by atoms with Crippen molar-refractivity contribution in [1.29, 1.82) is 0 Å². The highest BCUT2D eigenvalue weighted by Crippen LogP contribution is 2.50. The number of rotatable bonds is 5. The van der Waals surface area contributed by atoms with Crippen LogP contribution in [0.15, 0.2) is 60.7 Å². The van der Waals surface area contributed by atoms with Crippen molar-refractivity contribution in [2.45, 2.75) is 31.5 Å². The number of hydrogen-bond acceptors (Lipinski definition) is 4. The quantitative estimate of drug-likeness (QED) is 0.446. The number of phenols is 2. The van der Waals surface area contributed by atoms with E-state index in [9.17, 15) is 28.2 Å². The first-order valence-electron chi connectivity index (χ1n) is 9.88. The number of carbonyl (C=O) groups excluding carboxylic acids is 1. The third kappa shape index (κ3) is 4.34. The van der Waals surface area contributed by atoms with Crippen molar-refractivity contribution in [1.82, 2.24) is 0 Å². The molecular formula is C24H20F3NO4. The van der Waals surface area contributed by atoms with Crippen LogP contribution in [0.25, 0.3) is 11.1 Å². The predicted molar refractivity (Wildman–Crippen MR) is 113 cm³/mol. The number of benzene rings is 3. The Bertz CT molecular complexity index is 1190. The lowest BCUT2D eigenvalue weighted by molar-refractivity contribution is -0.274. The van der Waals surface area contributed by atoms with Gasteiger partial charge in [-0.1, -0.05) is 35.9 Å². The van der Waals surface area contributed by atoms with E-state index in [0.717, 1.165) is 5.56 Å². The zero-order chi connectivity index (χ0) is 23.1. The van der Waals surface area contributed by atoms with E-state index < -0.39 is 11.8 Å². The van der Waals surface area contributed by atoms with Gasteiger partial charge >= 0.3 is 6.36 Å². The second-order valence-corrected chi connectivity index (χ2v) is 7.87. The number of halogens is 3. The summed E-state index contributed by atoms with van der Waals surface area (Å²) < 4.78 is 42.9. The normalized spacial score (nSPS) is 14.6. The largest absolute Gasteiger partial charge is 0.573 e. The Labute approximate surface area is 182 Å². The summed E-state index contributed by atoms with van der Waals surface area (Å²) in [5, 5.41) is 22.1. The zero-order valence-corrected chi connectivity index (χ0v) is 17.0. The fourth-order valence-corrected chi connectivity index (χ4v) is 3.70. The number of aromatic hydroxyl groups is 2. The van der Waals surface area contributed by atoms with Gasteiger partial charge in [0.1, 0.15) is 5.75 Å². The SMILES string of the molecule is Cc1cccc(-c2cc(NC(=O)C3(c4ccc(O)c(O)c4)CC3)ccc2OC(F)(F)F)c1. The van der Waals surface area contributed by atoms with Gasteiger partial charge in [-0.05, 0) is 61.2 Å². The minimum absolute atomic E-state index is 0.191. The van der Waals surface area contributed by atoms with Crippen LogP contribution in [0, 0.1) is 6.92 Å². The highest BCUT2D eigenvalue weighted by molar-refractivity contribution is 6.02. The van der Waals surface area contributed by atoms with Gasteiger partial charge in [-0.15, -0.1) is 13.2 Å². The van der Waals surface area contributed by atoms with Gasteiger partial charge in [0, 0.05) is 11.3 Å². The van der Waals surface area contributed by atoms with Gasteiger partial charge < -0.3 is 20.3 Å². The van der Waals surface area contributed by atoms with Crippen LogP contribution in [0.3, 0.4) is 0 Å². The van der Waals surface area contributed by atoms with Crippen molar-refractivity contribution in [2.75, 3.05) is 5.32 Å². The van der Waals surface area contributed by atoms with Crippen molar-refractivity contribution in [3.8, 4) is 28.4 Å². The van der Waals surface area contributed by atoms with E-state index in [1.54, 1.807) is 24.3 Å². The highest BCUT2D eigenvalue weighted by atomic mass is 19.4. The Balaban J connectivity index is 1.66. The second kappa shape index (κ2) is 7.78. The van der Waals surface area contributed by atoms with Crippen LogP contribution < -0.4 is 10.1 Å². The summed E-state index contributed by atoms with van der Waals surface area (Å²) in [5.74, 6) is -1.32. The molecule has 1 fully saturated rings. The maximum Gasteiger partial charge on any atom is 0.573 e. The van der Waals surface area contributed by atoms with Gasteiger partial charge in [-0.2, -0.15) is 0 Å². The van der Waals surface area contributed by atoms with Gasteiger partial charge in [-0.3, -0.25) is 4.79 Å². The van der Waals surface area contributed by atoms with E-state index in [0.29, 0.717) is 29.7 Å². The van der Waals surface area contributed by atoms with Gasteiger partial charge in [0.05, 0.1) is 5.41 Å². The highest BCUT2D eigenvalue weighted by Gasteiger charge is 2.51. The molecule has 0 unspecified atom stereocenters. The van der Waals surface area contributed by atoms with Gasteiger partial charge in [0.2, 0.25) is 5.91 Å². The molecule has 1 aliphatic rings. The van der Waals surface area contributed by atoms with E-state index in [1.165, 1.54) is 30.3 Å². The topological polar surface area (TPSA) is 78.8 Å². The number of anilines is 1. The molecule has 3 aromatic carbocycles. The number of ether oxygens (including phenoxy) is 1. The molecule has 0 radical (unpaired) electrons. The van der Waals surface area contributed by atoms with Gasteiger partial charge in [-0.25, -0.2) is 0 Å². The molecule has 0 aromatic heterocycles. The summed E-state index contributed by atoms with van der Waals surface area (Å²) in [6.45, 7) is 1.82. The molecule has 0 heterocycles. The standard InChI is InChI=1S/C24H20F3NO4/c1-14-3-2-4-15(11-14)18-13-17(6-8-21(18)32-24(25,26)27)28-22(31)23(9-10-23)16-5-7-19(29)20(30)12-16/h2-8,11-13,29-30H,9-10H2,1H3,(H,28,31). The number of phenolic OH excluding ortho intramolecular Hbond substituents is 2. The van der Waals surface area contributed by atoms with E-state index >= 15 is 0 Å². The molecular weight excluding hydrogens is 423 g/mol. The Hall–Kier alpha value is -3.68. The number of aryl methyl sites for hydroxylation is 1. The molecule has 3 N–H and O–H groups in total. The maximum atomic E-state index is 13.0. The molecule has 32 heavy (non-hydrogen) atoms. The molecule has 1 aliphatic carbocycles. The van der Waals surface area contributed by atoms with E-state index in [1.807, 2.05) is 13.0 Å². The smallest absolute Gasteiger partial charge is 0.504 e. The van der Waals surface area contributed by atoms with Crippen LogP contribution in [0.5, 0.6) is 17.2 Å². The van der Waals surface area contributed by atoms with Crippen LogP contribution in [0.2, 0.25) is 0 Å². The van der Waals surface area contributed by atoms with Gasteiger partial charge in [0.15, 0.2) is 11.5 Å². The maximum absolute atomic E-state index is 13.0. The molecule has 1 amide bonds. The van der Waals surface area contributed by atoms with Crippen molar-refractivity contribution >= 4 is 11.6 Å². The second-order valence-electron chi connectivity index (χ2n) is 7.87. The first-order valence-corrected chi connectivity index (χ1v) is 9.88. The lowest BCUT2D eigenvalue weighted by Gasteiger charge is -2.18. The lowest BCUT2D eigenvalue weighted by atomic mass is 9.94. The number of alkyl halides is 3. The van der Waals surface area contributed by atoms with Crippen molar-refractivity contribution < 1.29 is 32.9 Å². The average Bonchev–Trinajstić information content (AvgIpc) is 3.52. The van der Waals surface area contributed by atoms with Crippen LogP contribution in [0.4, 0.5) is 18.9 Å². The summed E-state index contributed by atoms with van der Waals surface area (Å²) >= 11 is 0. The van der Waals surface area contributed by atoms with Crippen LogP contribution in [0.1, 0.15) is 24.0 Å². The summed E-state index contributed by atoms with van der Waals surface area (Å²) in [4.78, 5) is 13.0. The van der Waals surface area contributed by atoms with Crippen molar-refractivity contribution in [2.24, 2.45) is 0 Å². The first-order chi connectivity index (χ1) is 15.1. The molecule has 0 atom stereocenters. The molecule has 0 saturated heterocycles. The van der Waals surface area contributed by atoms with Crippen LogP contribution in [-0.2, 0) is 10.2 Å². The predicted octanol–water partition coefficient (Wildman–Crippen LogP) is 5.64. The molecule has 8 heteroatoms. The molecule has 0 bridgehead atoms. The molecule has 0 aliphatic heterocycles. The summed E-state index contributed by atoms with van der Waals surface area (Å²) in [7, 11) is 0. The fraction of sp³-hybridized carbons (Fsp3) is 0.208. The molecule has 0 spiro atoms. The summed E-state index contributed by atoms with van der Waals surface area (Å²) in [5.41, 5.74) is 1.58. The Kier molecular flexibility index (Phi) is 5.24. The monoisotopic (exact) mass is 443 g/mol. The number of nitrogens with one attached hydrogen (secondary N) is 1. The van der Waals surface area contributed by atoms with E-state index in [4.69, 9.17) is 0 Å². The fourth-order valence-electron chi connectivity index (χ4n) is 3.70. The molecule has 5 nitrogen and oxygen atoms in total. The Morgan fingerprint density at radius 1 is 1.00 bits per heavy atom. The third-order valence-corrected chi connectivity index (χ3v) is 5.50. The minimum atomic E-state index is -4.86. The van der Waals surface area contributed by atoms with Crippen LogP contribution >= 0.6 is 0 Å². The number of amides is 1.